The molecule has 2 nitrogen and oxygen atoms in total. The van der Waals surface area contributed by atoms with E-state index >= 15 is 0 Å². The molecule has 1 aliphatic carbocycles. The molecule has 0 heterocycles. The fraction of sp³-hybridized carbons (Fsp3) is 0.500. The first kappa shape index (κ1) is 11.0. The second kappa shape index (κ2) is 4.99. The van der Waals surface area contributed by atoms with E-state index in [2.05, 4.69) is 33.4 Å². The average Bonchev–Trinajstić information content (AvgIpc) is 2.14. The molecule has 2 rings (SSSR count). The molecule has 0 saturated heterocycles. The topological polar surface area (TPSA) is 21.3 Å². The SMILES string of the molecule is CNCc1cc(Br)ccc1OC1CCC1. The second-order valence-electron chi connectivity index (χ2n) is 3.95. The van der Waals surface area contributed by atoms with Crippen LogP contribution in [0, 0.1) is 0 Å². The summed E-state index contributed by atoms with van der Waals surface area (Å²) in [7, 11) is 1.95. The summed E-state index contributed by atoms with van der Waals surface area (Å²) in [5, 5.41) is 3.16. The van der Waals surface area contributed by atoms with E-state index < -0.39 is 0 Å². The highest BCUT2D eigenvalue weighted by Gasteiger charge is 2.20. The molecule has 1 aromatic carbocycles. The largest absolute Gasteiger partial charge is 0.490 e. The van der Waals surface area contributed by atoms with Crippen LogP contribution in [0.15, 0.2) is 22.7 Å². The van der Waals surface area contributed by atoms with Crippen molar-refractivity contribution in [2.75, 3.05) is 7.05 Å². The molecule has 0 aliphatic heterocycles. The van der Waals surface area contributed by atoms with Crippen LogP contribution in [0.25, 0.3) is 0 Å². The van der Waals surface area contributed by atoms with Crippen LogP contribution in [-0.2, 0) is 6.54 Å². The Morgan fingerprint density at radius 3 is 2.87 bits per heavy atom. The van der Waals surface area contributed by atoms with Gasteiger partial charge in [0.1, 0.15) is 5.75 Å². The van der Waals surface area contributed by atoms with Gasteiger partial charge >= 0.3 is 0 Å². The van der Waals surface area contributed by atoms with Gasteiger partial charge in [0, 0.05) is 16.6 Å². The van der Waals surface area contributed by atoms with Crippen molar-refractivity contribution in [3.63, 3.8) is 0 Å². The predicted octanol–water partition coefficient (Wildman–Crippen LogP) is 3.10. The van der Waals surface area contributed by atoms with E-state index in [1.165, 1.54) is 24.8 Å². The number of hydrogen-bond acceptors (Lipinski definition) is 2. The first-order valence-corrected chi connectivity index (χ1v) is 6.18. The van der Waals surface area contributed by atoms with E-state index in [0.29, 0.717) is 6.10 Å². The van der Waals surface area contributed by atoms with Gasteiger partial charge in [-0.3, -0.25) is 0 Å². The number of rotatable bonds is 4. The molecular weight excluding hydrogens is 254 g/mol. The van der Waals surface area contributed by atoms with E-state index in [-0.39, 0.29) is 0 Å². The van der Waals surface area contributed by atoms with E-state index in [9.17, 15) is 0 Å². The van der Waals surface area contributed by atoms with Gasteiger partial charge in [-0.1, -0.05) is 15.9 Å². The predicted molar refractivity (Wildman–Crippen MR) is 65.2 cm³/mol. The van der Waals surface area contributed by atoms with Crippen LogP contribution in [-0.4, -0.2) is 13.2 Å². The zero-order valence-corrected chi connectivity index (χ0v) is 10.5. The maximum atomic E-state index is 5.93. The standard InChI is InChI=1S/C12H16BrNO/c1-14-8-9-7-10(13)5-6-12(9)15-11-3-2-4-11/h5-7,11,14H,2-4,8H2,1H3. The van der Waals surface area contributed by atoms with Crippen LogP contribution in [0.5, 0.6) is 5.75 Å². The highest BCUT2D eigenvalue weighted by Crippen LogP contribution is 2.29. The third-order valence-electron chi connectivity index (χ3n) is 2.74. The fourth-order valence-electron chi connectivity index (χ4n) is 1.66. The number of ether oxygens (including phenoxy) is 1. The summed E-state index contributed by atoms with van der Waals surface area (Å²) in [4.78, 5) is 0. The Bertz CT molecular complexity index is 336. The maximum absolute atomic E-state index is 5.93. The number of hydrogen-bond donors (Lipinski definition) is 1. The molecule has 0 radical (unpaired) electrons. The van der Waals surface area contributed by atoms with Crippen LogP contribution < -0.4 is 10.1 Å². The zero-order valence-electron chi connectivity index (χ0n) is 8.92. The Morgan fingerprint density at radius 2 is 2.27 bits per heavy atom. The van der Waals surface area contributed by atoms with Crippen LogP contribution in [0.1, 0.15) is 24.8 Å². The smallest absolute Gasteiger partial charge is 0.124 e. The molecule has 1 N–H and O–H groups in total. The summed E-state index contributed by atoms with van der Waals surface area (Å²) in [5.74, 6) is 1.03. The van der Waals surface area contributed by atoms with Gasteiger partial charge in [0.2, 0.25) is 0 Å². The molecule has 15 heavy (non-hydrogen) atoms. The van der Waals surface area contributed by atoms with Crippen molar-refractivity contribution < 1.29 is 4.74 Å². The van der Waals surface area contributed by atoms with Crippen molar-refractivity contribution in [2.24, 2.45) is 0 Å². The lowest BCUT2D eigenvalue weighted by Crippen LogP contribution is -2.25. The highest BCUT2D eigenvalue weighted by molar-refractivity contribution is 9.10. The molecule has 1 aromatic rings. The molecule has 3 heteroatoms. The summed E-state index contributed by atoms with van der Waals surface area (Å²) < 4.78 is 7.03. The minimum absolute atomic E-state index is 0.446. The van der Waals surface area contributed by atoms with Gasteiger partial charge in [0.15, 0.2) is 0 Å². The fourth-order valence-corrected chi connectivity index (χ4v) is 2.07. The Labute approximate surface area is 99.1 Å². The minimum atomic E-state index is 0.446. The van der Waals surface area contributed by atoms with Crippen molar-refractivity contribution in [3.8, 4) is 5.75 Å². The third kappa shape index (κ3) is 2.73. The van der Waals surface area contributed by atoms with Gasteiger partial charge in [-0.05, 0) is 44.5 Å². The Hall–Kier alpha value is -0.540. The Morgan fingerprint density at radius 1 is 1.47 bits per heavy atom. The summed E-state index contributed by atoms with van der Waals surface area (Å²) in [6.45, 7) is 0.849. The molecule has 1 fully saturated rings. The molecule has 0 bridgehead atoms. The minimum Gasteiger partial charge on any atom is -0.490 e. The highest BCUT2D eigenvalue weighted by atomic mass is 79.9. The second-order valence-corrected chi connectivity index (χ2v) is 4.87. The Balaban J connectivity index is 2.12. The van der Waals surface area contributed by atoms with Crippen molar-refractivity contribution in [2.45, 2.75) is 31.9 Å². The summed E-state index contributed by atoms with van der Waals surface area (Å²) in [6.07, 6.45) is 4.16. The molecule has 1 saturated carbocycles. The van der Waals surface area contributed by atoms with Gasteiger partial charge in [0.25, 0.3) is 0 Å². The van der Waals surface area contributed by atoms with Crippen LogP contribution >= 0.6 is 15.9 Å². The summed E-state index contributed by atoms with van der Waals surface area (Å²) >= 11 is 3.48. The normalized spacial score (nSPS) is 16.1. The van der Waals surface area contributed by atoms with E-state index in [1.54, 1.807) is 0 Å². The van der Waals surface area contributed by atoms with Gasteiger partial charge < -0.3 is 10.1 Å². The lowest BCUT2D eigenvalue weighted by atomic mass is 9.96. The average molecular weight is 270 g/mol. The first-order valence-electron chi connectivity index (χ1n) is 5.39. The summed E-state index contributed by atoms with van der Waals surface area (Å²) in [6, 6.07) is 6.20. The van der Waals surface area contributed by atoms with Gasteiger partial charge in [-0.2, -0.15) is 0 Å². The number of benzene rings is 1. The van der Waals surface area contributed by atoms with Crippen LogP contribution in [0.3, 0.4) is 0 Å². The van der Waals surface area contributed by atoms with E-state index in [0.717, 1.165) is 16.8 Å². The molecule has 0 atom stereocenters. The van der Waals surface area contributed by atoms with Gasteiger partial charge in [-0.25, -0.2) is 0 Å². The summed E-state index contributed by atoms with van der Waals surface area (Å²) in [5.41, 5.74) is 1.22. The molecular formula is C12H16BrNO. The molecule has 1 aliphatic rings. The van der Waals surface area contributed by atoms with Crippen molar-refractivity contribution in [1.29, 1.82) is 0 Å². The lowest BCUT2D eigenvalue weighted by molar-refractivity contribution is 0.119. The maximum Gasteiger partial charge on any atom is 0.124 e. The van der Waals surface area contributed by atoms with Crippen molar-refractivity contribution in [3.05, 3.63) is 28.2 Å². The van der Waals surface area contributed by atoms with E-state index in [1.807, 2.05) is 13.1 Å². The van der Waals surface area contributed by atoms with Crippen LogP contribution in [0.4, 0.5) is 0 Å². The molecule has 82 valence electrons. The monoisotopic (exact) mass is 269 g/mol. The third-order valence-corrected chi connectivity index (χ3v) is 3.23. The molecule has 0 unspecified atom stereocenters. The quantitative estimate of drug-likeness (QED) is 0.907. The van der Waals surface area contributed by atoms with Crippen molar-refractivity contribution >= 4 is 15.9 Å². The number of nitrogens with one attached hydrogen (secondary N) is 1. The lowest BCUT2D eigenvalue weighted by Gasteiger charge is -2.27. The van der Waals surface area contributed by atoms with Crippen molar-refractivity contribution in [1.82, 2.24) is 5.32 Å². The molecule has 0 aromatic heterocycles. The Kier molecular flexibility index (Phi) is 3.65. The van der Waals surface area contributed by atoms with E-state index in [4.69, 9.17) is 4.74 Å². The molecule has 0 spiro atoms. The van der Waals surface area contributed by atoms with Crippen LogP contribution in [0.2, 0.25) is 0 Å². The first-order chi connectivity index (χ1) is 7.29. The zero-order chi connectivity index (χ0) is 10.7. The number of halogens is 1. The van der Waals surface area contributed by atoms with Gasteiger partial charge in [-0.15, -0.1) is 0 Å². The molecule has 0 amide bonds. The van der Waals surface area contributed by atoms with Gasteiger partial charge in [0.05, 0.1) is 6.10 Å².